The number of hydrogen-bond acceptors (Lipinski definition) is 2. The molecule has 3 nitrogen and oxygen atoms in total. The second-order valence-electron chi connectivity index (χ2n) is 4.90. The Morgan fingerprint density at radius 1 is 1.33 bits per heavy atom. The molecular weight excluding hydrogens is 150 g/mol. The first-order valence-electron chi connectivity index (χ1n) is 4.35. The number of fused-ring (bicyclic) bond motifs is 1. The Bertz CT molecular complexity index is 281. The molecule has 0 aliphatic carbocycles. The highest BCUT2D eigenvalue weighted by Crippen LogP contribution is 2.42. The van der Waals surface area contributed by atoms with E-state index in [0.29, 0.717) is 0 Å². The molecule has 0 radical (unpaired) electrons. The van der Waals surface area contributed by atoms with Crippen LogP contribution in [-0.2, 0) is 11.0 Å². The lowest BCUT2D eigenvalue weighted by Gasteiger charge is -2.21. The molecular formula is C9H15N3. The summed E-state index contributed by atoms with van der Waals surface area (Å²) >= 11 is 0. The topological polar surface area (TPSA) is 30.7 Å². The largest absolute Gasteiger partial charge is 0.243 e. The van der Waals surface area contributed by atoms with Crippen LogP contribution in [0.5, 0.6) is 0 Å². The maximum Gasteiger partial charge on any atom is 0.0730 e. The normalized spacial score (nSPS) is 24.0. The van der Waals surface area contributed by atoms with Gasteiger partial charge in [0.15, 0.2) is 0 Å². The van der Waals surface area contributed by atoms with Gasteiger partial charge in [-0.1, -0.05) is 19.1 Å². The van der Waals surface area contributed by atoms with Crippen molar-refractivity contribution in [3.8, 4) is 0 Å². The highest BCUT2D eigenvalue weighted by molar-refractivity contribution is 5.18. The molecule has 0 aromatic carbocycles. The van der Waals surface area contributed by atoms with Gasteiger partial charge in [-0.25, -0.2) is 4.68 Å². The van der Waals surface area contributed by atoms with Crippen molar-refractivity contribution in [1.82, 2.24) is 15.0 Å². The van der Waals surface area contributed by atoms with Gasteiger partial charge in [0.2, 0.25) is 0 Å². The number of nitrogens with zero attached hydrogens (tertiary/aromatic N) is 3. The molecule has 1 aromatic heterocycles. The highest BCUT2D eigenvalue weighted by atomic mass is 15.5. The third kappa shape index (κ3) is 0.822. The molecule has 0 N–H and O–H groups in total. The molecule has 0 spiro atoms. The summed E-state index contributed by atoms with van der Waals surface area (Å²) in [6.45, 7) is 8.91. The van der Waals surface area contributed by atoms with Crippen molar-refractivity contribution >= 4 is 0 Å². The molecule has 0 amide bonds. The molecule has 12 heavy (non-hydrogen) atoms. The fourth-order valence-electron chi connectivity index (χ4n) is 2.39. The summed E-state index contributed by atoms with van der Waals surface area (Å²) < 4.78 is 2.05. The van der Waals surface area contributed by atoms with Crippen molar-refractivity contribution in [2.45, 2.75) is 45.1 Å². The number of rotatable bonds is 0. The van der Waals surface area contributed by atoms with Crippen molar-refractivity contribution in [1.29, 1.82) is 0 Å². The molecule has 0 unspecified atom stereocenters. The van der Waals surface area contributed by atoms with Gasteiger partial charge >= 0.3 is 0 Å². The Labute approximate surface area is 72.8 Å². The van der Waals surface area contributed by atoms with E-state index in [4.69, 9.17) is 0 Å². The second kappa shape index (κ2) is 1.90. The van der Waals surface area contributed by atoms with Crippen LogP contribution in [0, 0.1) is 0 Å². The maximum atomic E-state index is 4.11. The van der Waals surface area contributed by atoms with Crippen LogP contribution in [0.25, 0.3) is 0 Å². The molecule has 0 fully saturated rings. The Kier molecular flexibility index (Phi) is 1.23. The van der Waals surface area contributed by atoms with E-state index in [2.05, 4.69) is 38.0 Å². The van der Waals surface area contributed by atoms with Crippen LogP contribution in [0.2, 0.25) is 0 Å². The van der Waals surface area contributed by atoms with Crippen molar-refractivity contribution < 1.29 is 0 Å². The standard InChI is InChI=1S/C9H15N3/c1-8(2)6-9(3,4)12-7(8)5-10-11-12/h5H,6H2,1-4H3. The average molecular weight is 165 g/mol. The van der Waals surface area contributed by atoms with Crippen LogP contribution < -0.4 is 0 Å². The summed E-state index contributed by atoms with van der Waals surface area (Å²) in [5.74, 6) is 0. The third-order valence-corrected chi connectivity index (χ3v) is 2.69. The number of hydrogen-bond donors (Lipinski definition) is 0. The van der Waals surface area contributed by atoms with Crippen LogP contribution in [-0.4, -0.2) is 15.0 Å². The van der Waals surface area contributed by atoms with Crippen LogP contribution in [0.4, 0.5) is 0 Å². The fraction of sp³-hybridized carbons (Fsp3) is 0.778. The molecule has 0 bridgehead atoms. The molecule has 2 rings (SSSR count). The van der Waals surface area contributed by atoms with E-state index in [1.807, 2.05) is 10.9 Å². The summed E-state index contributed by atoms with van der Waals surface area (Å²) in [5, 5.41) is 8.06. The highest BCUT2D eigenvalue weighted by Gasteiger charge is 2.43. The smallest absolute Gasteiger partial charge is 0.0730 e. The maximum absolute atomic E-state index is 4.11. The van der Waals surface area contributed by atoms with Crippen LogP contribution in [0.3, 0.4) is 0 Å². The fourth-order valence-corrected chi connectivity index (χ4v) is 2.39. The third-order valence-electron chi connectivity index (χ3n) is 2.69. The molecule has 3 heteroatoms. The minimum absolute atomic E-state index is 0.134. The van der Waals surface area contributed by atoms with Gasteiger partial charge in [-0.3, -0.25) is 0 Å². The lowest BCUT2D eigenvalue weighted by molar-refractivity contribution is 0.303. The van der Waals surface area contributed by atoms with E-state index in [1.54, 1.807) is 0 Å². The Morgan fingerprint density at radius 3 is 2.58 bits per heavy atom. The van der Waals surface area contributed by atoms with Gasteiger partial charge in [0, 0.05) is 5.41 Å². The zero-order chi connectivity index (χ0) is 8.98. The molecule has 1 aliphatic heterocycles. The van der Waals surface area contributed by atoms with Crippen LogP contribution in [0.1, 0.15) is 39.8 Å². The molecule has 0 atom stereocenters. The van der Waals surface area contributed by atoms with E-state index in [-0.39, 0.29) is 11.0 Å². The SMILES string of the molecule is CC1(C)CC(C)(C)n2nncc21. The zero-order valence-corrected chi connectivity index (χ0v) is 8.13. The first-order valence-corrected chi connectivity index (χ1v) is 4.35. The molecule has 66 valence electrons. The van der Waals surface area contributed by atoms with E-state index < -0.39 is 0 Å². The van der Waals surface area contributed by atoms with Crippen molar-refractivity contribution in [3.05, 3.63) is 11.9 Å². The molecule has 2 heterocycles. The predicted molar refractivity (Wildman–Crippen MR) is 47.0 cm³/mol. The summed E-state index contributed by atoms with van der Waals surface area (Å²) in [4.78, 5) is 0. The van der Waals surface area contributed by atoms with Gasteiger partial charge < -0.3 is 0 Å². The molecule has 1 aliphatic rings. The minimum Gasteiger partial charge on any atom is -0.243 e. The summed E-state index contributed by atoms with van der Waals surface area (Å²) in [7, 11) is 0. The second-order valence-corrected chi connectivity index (χ2v) is 4.90. The Balaban J connectivity index is 2.60. The van der Waals surface area contributed by atoms with Crippen molar-refractivity contribution in [3.63, 3.8) is 0 Å². The lowest BCUT2D eigenvalue weighted by atomic mass is 9.83. The first kappa shape index (κ1) is 7.77. The molecule has 0 saturated carbocycles. The lowest BCUT2D eigenvalue weighted by Crippen LogP contribution is -2.24. The van der Waals surface area contributed by atoms with E-state index >= 15 is 0 Å². The van der Waals surface area contributed by atoms with Crippen LogP contribution >= 0.6 is 0 Å². The monoisotopic (exact) mass is 165 g/mol. The predicted octanol–water partition coefficient (Wildman–Crippen LogP) is 1.69. The van der Waals surface area contributed by atoms with E-state index in [1.165, 1.54) is 5.69 Å². The van der Waals surface area contributed by atoms with Crippen LogP contribution in [0.15, 0.2) is 6.20 Å². The van der Waals surface area contributed by atoms with Gasteiger partial charge in [0.25, 0.3) is 0 Å². The Morgan fingerprint density at radius 2 is 2.00 bits per heavy atom. The minimum atomic E-state index is 0.134. The van der Waals surface area contributed by atoms with Gasteiger partial charge in [-0.15, -0.1) is 5.10 Å². The number of aromatic nitrogens is 3. The van der Waals surface area contributed by atoms with E-state index in [0.717, 1.165) is 6.42 Å². The van der Waals surface area contributed by atoms with Crippen molar-refractivity contribution in [2.75, 3.05) is 0 Å². The summed E-state index contributed by atoms with van der Waals surface area (Å²) in [5.41, 5.74) is 1.62. The average Bonchev–Trinajstić information content (AvgIpc) is 2.34. The van der Waals surface area contributed by atoms with Gasteiger partial charge in [0.05, 0.1) is 17.4 Å². The first-order chi connectivity index (χ1) is 5.43. The Hall–Kier alpha value is -0.860. The molecule has 1 aromatic rings. The summed E-state index contributed by atoms with van der Waals surface area (Å²) in [6, 6.07) is 0. The zero-order valence-electron chi connectivity index (χ0n) is 8.13. The summed E-state index contributed by atoms with van der Waals surface area (Å²) in [6.07, 6.45) is 3.03. The quantitative estimate of drug-likeness (QED) is 0.585. The van der Waals surface area contributed by atoms with Gasteiger partial charge in [-0.2, -0.15) is 0 Å². The molecule has 0 saturated heterocycles. The van der Waals surface area contributed by atoms with Crippen molar-refractivity contribution in [2.24, 2.45) is 0 Å². The van der Waals surface area contributed by atoms with E-state index in [9.17, 15) is 0 Å². The van der Waals surface area contributed by atoms with Gasteiger partial charge in [-0.05, 0) is 20.3 Å². The van der Waals surface area contributed by atoms with Gasteiger partial charge in [0.1, 0.15) is 0 Å².